The number of nitrogens with zero attached hydrogens (tertiary/aromatic N) is 1. The normalized spacial score (nSPS) is 10.9. The van der Waals surface area contributed by atoms with Crippen LogP contribution in [0.15, 0.2) is 24.3 Å². The molecule has 0 amide bonds. The summed E-state index contributed by atoms with van der Waals surface area (Å²) in [6.45, 7) is 4.16. The molecule has 0 unspecified atom stereocenters. The first kappa shape index (κ1) is 13.6. The standard InChI is InChI=1S/C15H18FNO2/c1-3-5-6-13-9-11-7-8-12(16)10-14(11)17(13)15(18)19-4-2/h7-10H,3-6H2,1-2H3. The molecule has 0 aliphatic heterocycles. The molecule has 19 heavy (non-hydrogen) atoms. The number of hydrogen-bond donors (Lipinski definition) is 0. The van der Waals surface area contributed by atoms with Crippen molar-refractivity contribution in [2.24, 2.45) is 0 Å². The van der Waals surface area contributed by atoms with Crippen LogP contribution in [0, 0.1) is 5.82 Å². The fourth-order valence-electron chi connectivity index (χ4n) is 2.18. The van der Waals surface area contributed by atoms with Gasteiger partial charge >= 0.3 is 6.09 Å². The van der Waals surface area contributed by atoms with Crippen LogP contribution in [0.5, 0.6) is 0 Å². The molecule has 0 radical (unpaired) electrons. The van der Waals surface area contributed by atoms with Gasteiger partial charge in [0.25, 0.3) is 0 Å². The predicted octanol–water partition coefficient (Wildman–Crippen LogP) is 4.13. The number of halogens is 1. The topological polar surface area (TPSA) is 31.2 Å². The van der Waals surface area contributed by atoms with Gasteiger partial charge in [-0.05, 0) is 44.0 Å². The van der Waals surface area contributed by atoms with E-state index in [0.717, 1.165) is 30.3 Å². The first-order valence-corrected chi connectivity index (χ1v) is 6.64. The molecule has 0 saturated heterocycles. The van der Waals surface area contributed by atoms with Crippen LogP contribution in [0.4, 0.5) is 9.18 Å². The van der Waals surface area contributed by atoms with Gasteiger partial charge in [0.05, 0.1) is 12.1 Å². The van der Waals surface area contributed by atoms with Gasteiger partial charge in [-0.2, -0.15) is 0 Å². The number of hydrogen-bond acceptors (Lipinski definition) is 2. The molecule has 0 aliphatic carbocycles. The minimum Gasteiger partial charge on any atom is -0.449 e. The number of fused-ring (bicyclic) bond motifs is 1. The SMILES string of the molecule is CCCCc1cc2ccc(F)cc2n1C(=O)OCC. The van der Waals surface area contributed by atoms with Crippen LogP contribution in [0.25, 0.3) is 10.9 Å². The molecule has 1 heterocycles. The highest BCUT2D eigenvalue weighted by Gasteiger charge is 2.16. The summed E-state index contributed by atoms with van der Waals surface area (Å²) < 4.78 is 19.9. The number of aryl methyl sites for hydroxylation is 1. The first-order chi connectivity index (χ1) is 9.17. The van der Waals surface area contributed by atoms with Crippen LogP contribution in [0.3, 0.4) is 0 Å². The summed E-state index contributed by atoms with van der Waals surface area (Å²) in [6.07, 6.45) is 2.37. The Kier molecular flexibility index (Phi) is 4.20. The van der Waals surface area contributed by atoms with Gasteiger partial charge in [-0.1, -0.05) is 13.3 Å². The van der Waals surface area contributed by atoms with E-state index < -0.39 is 6.09 Å². The van der Waals surface area contributed by atoms with E-state index in [-0.39, 0.29) is 5.82 Å². The van der Waals surface area contributed by atoms with Crippen LogP contribution in [0.2, 0.25) is 0 Å². The van der Waals surface area contributed by atoms with Crippen LogP contribution in [-0.4, -0.2) is 17.3 Å². The Labute approximate surface area is 112 Å². The van der Waals surface area contributed by atoms with Crippen molar-refractivity contribution in [1.29, 1.82) is 0 Å². The summed E-state index contributed by atoms with van der Waals surface area (Å²) in [6, 6.07) is 6.40. The fraction of sp³-hybridized carbons (Fsp3) is 0.400. The summed E-state index contributed by atoms with van der Waals surface area (Å²) in [7, 11) is 0. The third-order valence-electron chi connectivity index (χ3n) is 3.08. The van der Waals surface area contributed by atoms with Gasteiger partial charge < -0.3 is 4.74 Å². The van der Waals surface area contributed by atoms with Gasteiger partial charge in [-0.3, -0.25) is 0 Å². The largest absolute Gasteiger partial charge is 0.449 e. The van der Waals surface area contributed by atoms with Crippen LogP contribution in [-0.2, 0) is 11.2 Å². The van der Waals surface area contributed by atoms with E-state index in [9.17, 15) is 9.18 Å². The highest BCUT2D eigenvalue weighted by molar-refractivity contribution is 5.90. The highest BCUT2D eigenvalue weighted by Crippen LogP contribution is 2.22. The molecule has 2 aromatic rings. The van der Waals surface area contributed by atoms with Gasteiger partial charge in [-0.15, -0.1) is 0 Å². The van der Waals surface area contributed by atoms with Gasteiger partial charge in [0.15, 0.2) is 0 Å². The second kappa shape index (κ2) is 5.87. The molecule has 0 spiro atoms. The van der Waals surface area contributed by atoms with Gasteiger partial charge in [-0.25, -0.2) is 13.8 Å². The number of benzene rings is 1. The lowest BCUT2D eigenvalue weighted by Gasteiger charge is -2.08. The van der Waals surface area contributed by atoms with Crippen molar-refractivity contribution in [2.75, 3.05) is 6.61 Å². The smallest absolute Gasteiger partial charge is 0.418 e. The molecule has 0 bridgehead atoms. The van der Waals surface area contributed by atoms with Crippen molar-refractivity contribution in [3.63, 3.8) is 0 Å². The Morgan fingerprint density at radius 2 is 2.11 bits per heavy atom. The minimum absolute atomic E-state index is 0.307. The summed E-state index contributed by atoms with van der Waals surface area (Å²) in [5, 5.41) is 0.862. The molecule has 0 N–H and O–H groups in total. The lowest BCUT2D eigenvalue weighted by atomic mass is 10.2. The summed E-state index contributed by atoms with van der Waals surface area (Å²) >= 11 is 0. The van der Waals surface area contributed by atoms with Crippen LogP contribution >= 0.6 is 0 Å². The number of rotatable bonds is 4. The predicted molar refractivity (Wildman–Crippen MR) is 72.9 cm³/mol. The molecule has 4 heteroatoms. The third kappa shape index (κ3) is 2.78. The van der Waals surface area contributed by atoms with Gasteiger partial charge in [0.2, 0.25) is 0 Å². The second-order valence-corrected chi connectivity index (χ2v) is 4.48. The Balaban J connectivity index is 2.52. The van der Waals surface area contributed by atoms with E-state index in [4.69, 9.17) is 4.74 Å². The maximum absolute atomic E-state index is 13.4. The Morgan fingerprint density at radius 3 is 2.79 bits per heavy atom. The minimum atomic E-state index is -0.436. The molecule has 1 aromatic heterocycles. The van der Waals surface area contributed by atoms with Gasteiger partial charge in [0.1, 0.15) is 5.82 Å². The van der Waals surface area contributed by atoms with E-state index in [1.54, 1.807) is 13.0 Å². The quantitative estimate of drug-likeness (QED) is 0.830. The summed E-state index contributed by atoms with van der Waals surface area (Å²) in [5.41, 5.74) is 1.45. The number of aromatic nitrogens is 1. The zero-order valence-electron chi connectivity index (χ0n) is 11.3. The van der Waals surface area contributed by atoms with E-state index in [1.165, 1.54) is 16.7 Å². The van der Waals surface area contributed by atoms with Crippen molar-refractivity contribution in [3.8, 4) is 0 Å². The highest BCUT2D eigenvalue weighted by atomic mass is 19.1. The number of ether oxygens (including phenoxy) is 1. The summed E-state index contributed by atoms with van der Waals surface area (Å²) in [4.78, 5) is 12.0. The Morgan fingerprint density at radius 1 is 1.32 bits per heavy atom. The van der Waals surface area contributed by atoms with E-state index in [1.807, 2.05) is 6.07 Å². The Hall–Kier alpha value is -1.84. The lowest BCUT2D eigenvalue weighted by Crippen LogP contribution is -2.16. The zero-order chi connectivity index (χ0) is 13.8. The van der Waals surface area contributed by atoms with Gasteiger partial charge in [0, 0.05) is 11.1 Å². The number of unbranched alkanes of at least 4 members (excludes halogenated alkanes) is 1. The molecule has 0 saturated carbocycles. The zero-order valence-corrected chi connectivity index (χ0v) is 11.3. The molecule has 0 atom stereocenters. The van der Waals surface area contributed by atoms with Crippen LogP contribution in [0.1, 0.15) is 32.4 Å². The monoisotopic (exact) mass is 263 g/mol. The molecular formula is C15H18FNO2. The van der Waals surface area contributed by atoms with E-state index >= 15 is 0 Å². The molecule has 2 rings (SSSR count). The molecular weight excluding hydrogens is 245 g/mol. The van der Waals surface area contributed by atoms with Crippen LogP contribution < -0.4 is 0 Å². The summed E-state index contributed by atoms with van der Waals surface area (Å²) in [5.74, 6) is -0.349. The van der Waals surface area contributed by atoms with Crippen molar-refractivity contribution < 1.29 is 13.9 Å². The van der Waals surface area contributed by atoms with Crippen molar-refractivity contribution >= 4 is 17.0 Å². The average Bonchev–Trinajstić information content (AvgIpc) is 2.74. The number of carbonyl (C=O) groups is 1. The third-order valence-corrected chi connectivity index (χ3v) is 3.08. The first-order valence-electron chi connectivity index (χ1n) is 6.64. The van der Waals surface area contributed by atoms with E-state index in [2.05, 4.69) is 6.92 Å². The molecule has 1 aromatic carbocycles. The maximum Gasteiger partial charge on any atom is 0.418 e. The Bertz CT molecular complexity index is 589. The number of carbonyl (C=O) groups excluding carboxylic acids is 1. The molecule has 102 valence electrons. The second-order valence-electron chi connectivity index (χ2n) is 4.48. The van der Waals surface area contributed by atoms with Crippen molar-refractivity contribution in [3.05, 3.63) is 35.8 Å². The molecule has 0 aliphatic rings. The molecule has 3 nitrogen and oxygen atoms in total. The van der Waals surface area contributed by atoms with Crippen molar-refractivity contribution in [2.45, 2.75) is 33.1 Å². The molecule has 0 fully saturated rings. The maximum atomic E-state index is 13.4. The van der Waals surface area contributed by atoms with E-state index in [0.29, 0.717) is 12.1 Å². The fourth-order valence-corrected chi connectivity index (χ4v) is 2.18. The average molecular weight is 263 g/mol. The lowest BCUT2D eigenvalue weighted by molar-refractivity contribution is 0.154. The van der Waals surface area contributed by atoms with Crippen molar-refractivity contribution in [1.82, 2.24) is 4.57 Å².